The summed E-state index contributed by atoms with van der Waals surface area (Å²) in [5.41, 5.74) is 4.37. The molecule has 0 aromatic heterocycles. The Morgan fingerprint density at radius 3 is 2.30 bits per heavy atom. The molecule has 1 unspecified atom stereocenters. The van der Waals surface area contributed by atoms with Crippen molar-refractivity contribution < 1.29 is 22.7 Å². The molecule has 1 rings (SSSR count). The van der Waals surface area contributed by atoms with Gasteiger partial charge in [0.15, 0.2) is 0 Å². The Hall–Kier alpha value is -1.47. The molecule has 1 aromatic rings. The van der Waals surface area contributed by atoms with Gasteiger partial charge in [0.25, 0.3) is 0 Å². The largest absolute Gasteiger partial charge is 0.481 e. The number of sulfone groups is 1. The van der Waals surface area contributed by atoms with Crippen molar-refractivity contribution in [2.75, 3.05) is 18.1 Å². The summed E-state index contributed by atoms with van der Waals surface area (Å²) in [6.45, 7) is 1.24. The van der Waals surface area contributed by atoms with Crippen molar-refractivity contribution >= 4 is 15.8 Å². The van der Waals surface area contributed by atoms with Crippen LogP contribution in [0.4, 0.5) is 4.39 Å². The molecule has 0 bridgehead atoms. The van der Waals surface area contributed by atoms with Crippen LogP contribution in [0, 0.1) is 5.82 Å². The van der Waals surface area contributed by atoms with Gasteiger partial charge < -0.3 is 10.8 Å². The van der Waals surface area contributed by atoms with Gasteiger partial charge in [-0.25, -0.2) is 12.8 Å². The first-order valence-corrected chi connectivity index (χ1v) is 7.99. The summed E-state index contributed by atoms with van der Waals surface area (Å²) in [5, 5.41) is 9.45. The van der Waals surface area contributed by atoms with Gasteiger partial charge in [0.05, 0.1) is 5.75 Å². The van der Waals surface area contributed by atoms with E-state index in [0.717, 1.165) is 12.1 Å². The fourth-order valence-corrected chi connectivity index (χ4v) is 2.87. The summed E-state index contributed by atoms with van der Waals surface area (Å²) in [4.78, 5) is 11.6. The van der Waals surface area contributed by atoms with Crippen LogP contribution < -0.4 is 5.73 Å². The highest BCUT2D eigenvalue weighted by atomic mass is 32.2. The molecule has 1 atom stereocenters. The number of benzene rings is 1. The summed E-state index contributed by atoms with van der Waals surface area (Å²) >= 11 is 0. The van der Waals surface area contributed by atoms with Crippen LogP contribution >= 0.6 is 0 Å². The zero-order valence-corrected chi connectivity index (χ0v) is 12.0. The molecule has 0 aliphatic heterocycles. The molecule has 0 saturated heterocycles. The van der Waals surface area contributed by atoms with Gasteiger partial charge in [-0.3, -0.25) is 4.79 Å². The van der Waals surface area contributed by atoms with E-state index in [9.17, 15) is 22.7 Å². The number of hydrogen-bond donors (Lipinski definition) is 2. The van der Waals surface area contributed by atoms with E-state index < -0.39 is 27.0 Å². The number of carbonyl (C=O) groups is 1. The number of aliphatic carboxylic acids is 1. The molecule has 0 heterocycles. The molecule has 5 nitrogen and oxygen atoms in total. The Balaban J connectivity index is 3.16. The molecule has 0 saturated carbocycles. The molecule has 0 amide bonds. The molecule has 3 N–H and O–H groups in total. The quantitative estimate of drug-likeness (QED) is 0.781. The summed E-state index contributed by atoms with van der Waals surface area (Å²) in [7, 11) is -3.31. The Morgan fingerprint density at radius 2 is 1.90 bits per heavy atom. The number of nitrogens with two attached hydrogens (primary N) is 1. The minimum absolute atomic E-state index is 0.0588. The second-order valence-corrected chi connectivity index (χ2v) is 7.06. The van der Waals surface area contributed by atoms with Gasteiger partial charge in [-0.05, 0) is 24.1 Å². The Labute approximate surface area is 117 Å². The molecule has 0 spiro atoms. The van der Waals surface area contributed by atoms with Crippen molar-refractivity contribution in [3.63, 3.8) is 0 Å². The molecule has 0 radical (unpaired) electrons. The molecule has 7 heteroatoms. The topological polar surface area (TPSA) is 97.5 Å². The first kappa shape index (κ1) is 16.6. The highest BCUT2D eigenvalue weighted by molar-refractivity contribution is 7.91. The third kappa shape index (κ3) is 3.55. The van der Waals surface area contributed by atoms with E-state index in [0.29, 0.717) is 5.56 Å². The molecular formula is C13H18FNO4S. The van der Waals surface area contributed by atoms with E-state index in [-0.39, 0.29) is 24.5 Å². The van der Waals surface area contributed by atoms with Crippen molar-refractivity contribution in [1.29, 1.82) is 0 Å². The summed E-state index contributed by atoms with van der Waals surface area (Å²) in [6, 6.07) is 4.93. The van der Waals surface area contributed by atoms with Crippen LogP contribution in [-0.4, -0.2) is 37.5 Å². The van der Waals surface area contributed by atoms with Gasteiger partial charge in [-0.15, -0.1) is 0 Å². The summed E-state index contributed by atoms with van der Waals surface area (Å²) in [5.74, 6) is -2.04. The molecule has 0 aliphatic carbocycles. The molecular weight excluding hydrogens is 285 g/mol. The van der Waals surface area contributed by atoms with Crippen LogP contribution in [0.5, 0.6) is 0 Å². The van der Waals surface area contributed by atoms with Gasteiger partial charge in [-0.1, -0.05) is 19.1 Å². The van der Waals surface area contributed by atoms with Gasteiger partial charge in [0.1, 0.15) is 21.1 Å². The lowest BCUT2D eigenvalue weighted by atomic mass is 9.78. The predicted octanol–water partition coefficient (Wildman–Crippen LogP) is 0.932. The lowest BCUT2D eigenvalue weighted by Crippen LogP contribution is -2.44. The highest BCUT2D eigenvalue weighted by Gasteiger charge is 2.39. The predicted molar refractivity (Wildman–Crippen MR) is 73.7 cm³/mol. The molecule has 1 aromatic carbocycles. The van der Waals surface area contributed by atoms with Crippen LogP contribution in [0.2, 0.25) is 0 Å². The second-order valence-electron chi connectivity index (χ2n) is 4.58. The lowest BCUT2D eigenvalue weighted by molar-refractivity contribution is -0.143. The Bertz CT molecular complexity index is 571. The van der Waals surface area contributed by atoms with E-state index >= 15 is 0 Å². The summed E-state index contributed by atoms with van der Waals surface area (Å²) < 4.78 is 36.1. The lowest BCUT2D eigenvalue weighted by Gasteiger charge is -2.28. The molecule has 0 fully saturated rings. The fraction of sp³-hybridized carbons (Fsp3) is 0.462. The second kappa shape index (κ2) is 6.32. The maximum absolute atomic E-state index is 12.9. The maximum Gasteiger partial charge on any atom is 0.315 e. The number of halogens is 1. The number of carboxylic acid groups (broad SMARTS) is 1. The minimum Gasteiger partial charge on any atom is -0.481 e. The zero-order chi connectivity index (χ0) is 15.4. The smallest absolute Gasteiger partial charge is 0.315 e. The highest BCUT2D eigenvalue weighted by Crippen LogP contribution is 2.28. The first-order valence-electron chi connectivity index (χ1n) is 6.17. The van der Waals surface area contributed by atoms with Crippen molar-refractivity contribution in [2.45, 2.75) is 18.8 Å². The standard InChI is InChI=1S/C13H18FNO4S/c1-2-20(18,19)8-7-13(9-15,12(16)17)10-3-5-11(14)6-4-10/h3-6H,2,7-9,15H2,1H3,(H,16,17). The third-order valence-electron chi connectivity index (χ3n) is 3.43. The SMILES string of the molecule is CCS(=O)(=O)CCC(CN)(C(=O)O)c1ccc(F)cc1. The number of rotatable bonds is 7. The minimum atomic E-state index is -3.31. The van der Waals surface area contributed by atoms with Crippen LogP contribution in [0.1, 0.15) is 18.9 Å². The van der Waals surface area contributed by atoms with Crippen LogP contribution in [0.25, 0.3) is 0 Å². The van der Waals surface area contributed by atoms with E-state index in [1.165, 1.54) is 19.1 Å². The fourth-order valence-electron chi connectivity index (χ4n) is 1.92. The Kier molecular flexibility index (Phi) is 5.24. The average Bonchev–Trinajstić information content (AvgIpc) is 2.41. The van der Waals surface area contributed by atoms with Crippen molar-refractivity contribution in [3.05, 3.63) is 35.6 Å². The van der Waals surface area contributed by atoms with Gasteiger partial charge >= 0.3 is 5.97 Å². The van der Waals surface area contributed by atoms with Crippen LogP contribution in [0.15, 0.2) is 24.3 Å². The van der Waals surface area contributed by atoms with Crippen molar-refractivity contribution in [1.82, 2.24) is 0 Å². The van der Waals surface area contributed by atoms with Gasteiger partial charge in [0.2, 0.25) is 0 Å². The molecule has 0 aliphatic rings. The Morgan fingerprint density at radius 1 is 1.35 bits per heavy atom. The van der Waals surface area contributed by atoms with E-state index in [1.54, 1.807) is 0 Å². The maximum atomic E-state index is 12.9. The van der Waals surface area contributed by atoms with Crippen LogP contribution in [-0.2, 0) is 20.0 Å². The average molecular weight is 303 g/mol. The summed E-state index contributed by atoms with van der Waals surface area (Å²) in [6.07, 6.45) is -0.138. The zero-order valence-electron chi connectivity index (χ0n) is 11.2. The molecule has 20 heavy (non-hydrogen) atoms. The van der Waals surface area contributed by atoms with E-state index in [1.807, 2.05) is 0 Å². The first-order chi connectivity index (χ1) is 9.27. The van der Waals surface area contributed by atoms with Gasteiger partial charge in [0, 0.05) is 12.3 Å². The van der Waals surface area contributed by atoms with Crippen molar-refractivity contribution in [3.8, 4) is 0 Å². The number of hydrogen-bond acceptors (Lipinski definition) is 4. The van der Waals surface area contributed by atoms with Gasteiger partial charge in [-0.2, -0.15) is 0 Å². The van der Waals surface area contributed by atoms with E-state index in [2.05, 4.69) is 0 Å². The van der Waals surface area contributed by atoms with Crippen molar-refractivity contribution in [2.24, 2.45) is 5.73 Å². The molecule has 112 valence electrons. The van der Waals surface area contributed by atoms with E-state index in [4.69, 9.17) is 5.73 Å². The monoisotopic (exact) mass is 303 g/mol. The normalized spacial score (nSPS) is 14.8. The third-order valence-corrected chi connectivity index (χ3v) is 5.14. The number of carboxylic acids is 1. The van der Waals surface area contributed by atoms with Crippen LogP contribution in [0.3, 0.4) is 0 Å².